The highest BCUT2D eigenvalue weighted by molar-refractivity contribution is 6.15. The van der Waals surface area contributed by atoms with Crippen LogP contribution in [0.5, 0.6) is 0 Å². The van der Waals surface area contributed by atoms with Crippen LogP contribution in [0.2, 0.25) is 0 Å². The molecule has 0 aliphatic carbocycles. The van der Waals surface area contributed by atoms with E-state index in [1.165, 1.54) is 165 Å². The van der Waals surface area contributed by atoms with Gasteiger partial charge in [-0.15, -0.1) is 0 Å². The third-order valence-corrected chi connectivity index (χ3v) is 25.0. The molecule has 24 aromatic rings. The Balaban J connectivity index is 0.000000146. The van der Waals surface area contributed by atoms with Gasteiger partial charge in [-0.05, 0) is 257 Å². The molecule has 4 heteroatoms. The average molecular weight is 1580 g/mol. The molecule has 124 heavy (non-hydrogen) atoms. The van der Waals surface area contributed by atoms with E-state index in [9.17, 15) is 0 Å². The van der Waals surface area contributed by atoms with Crippen molar-refractivity contribution in [1.29, 1.82) is 0 Å². The molecule has 0 aliphatic heterocycles. The first-order valence-electron chi connectivity index (χ1n) is 42.7. The zero-order valence-electron chi connectivity index (χ0n) is 68.0. The van der Waals surface area contributed by atoms with Crippen molar-refractivity contribution < 1.29 is 0 Å². The predicted octanol–water partition coefficient (Wildman–Crippen LogP) is 32.4. The first-order chi connectivity index (χ1) is 61.5. The van der Waals surface area contributed by atoms with Crippen molar-refractivity contribution in [3.63, 3.8) is 0 Å². The normalized spacial score (nSPS) is 11.5. The molecule has 0 aliphatic rings. The van der Waals surface area contributed by atoms with Crippen LogP contribution in [-0.4, -0.2) is 18.3 Å². The summed E-state index contributed by atoms with van der Waals surface area (Å²) in [6, 6.07) is 177. The van der Waals surface area contributed by atoms with Crippen molar-refractivity contribution in [2.75, 3.05) is 0 Å². The largest absolute Gasteiger partial charge is 0.309 e. The van der Waals surface area contributed by atoms with Gasteiger partial charge in [-0.3, -0.25) is 0 Å². The molecule has 0 fully saturated rings. The summed E-state index contributed by atoms with van der Waals surface area (Å²) in [5, 5.41) is 9.94. The first-order valence-corrected chi connectivity index (χ1v) is 42.7. The molecular weight excluding hydrogens is 1500 g/mol. The highest BCUT2D eigenvalue weighted by Gasteiger charge is 2.24. The number of hydrogen-bond donors (Lipinski definition) is 0. The van der Waals surface area contributed by atoms with Crippen molar-refractivity contribution in [1.82, 2.24) is 18.3 Å². The Kier molecular flexibility index (Phi) is 18.2. The fraction of sp³-hybridized carbons (Fsp3) is 0. The van der Waals surface area contributed by atoms with E-state index < -0.39 is 0 Å². The van der Waals surface area contributed by atoms with Crippen LogP contribution in [0.1, 0.15) is 0 Å². The van der Waals surface area contributed by atoms with Gasteiger partial charge in [0, 0.05) is 65.8 Å². The second-order valence-corrected chi connectivity index (χ2v) is 32.3. The minimum absolute atomic E-state index is 1.10. The highest BCUT2D eigenvalue weighted by atomic mass is 15.0. The Morgan fingerprint density at radius 1 is 0.0968 bits per heavy atom. The van der Waals surface area contributed by atoms with Crippen molar-refractivity contribution in [3.05, 3.63) is 485 Å². The molecule has 0 saturated heterocycles. The maximum atomic E-state index is 2.48. The molecule has 0 spiro atoms. The van der Waals surface area contributed by atoms with Gasteiger partial charge in [0.25, 0.3) is 0 Å². The lowest BCUT2D eigenvalue weighted by atomic mass is 9.88. The van der Waals surface area contributed by atoms with Crippen LogP contribution >= 0.6 is 0 Å². The van der Waals surface area contributed by atoms with E-state index in [2.05, 4.69) is 504 Å². The molecule has 0 bridgehead atoms. The van der Waals surface area contributed by atoms with E-state index in [4.69, 9.17) is 0 Å². The number of hydrogen-bond acceptors (Lipinski definition) is 0. The summed E-state index contributed by atoms with van der Waals surface area (Å²) >= 11 is 0. The fourth-order valence-corrected chi connectivity index (χ4v) is 19.2. The minimum Gasteiger partial charge on any atom is -0.309 e. The third-order valence-electron chi connectivity index (χ3n) is 25.0. The molecule has 0 atom stereocenters. The first kappa shape index (κ1) is 72.8. The molecule has 0 N–H and O–H groups in total. The highest BCUT2D eigenvalue weighted by Crippen LogP contribution is 2.47. The maximum Gasteiger partial charge on any atom is 0.0542 e. The number of fused-ring (bicyclic) bond motifs is 12. The Bertz CT molecular complexity index is 7810. The van der Waals surface area contributed by atoms with Gasteiger partial charge in [0.2, 0.25) is 0 Å². The van der Waals surface area contributed by atoms with Gasteiger partial charge in [0.1, 0.15) is 0 Å². The second-order valence-electron chi connectivity index (χ2n) is 32.3. The Labute approximate surface area is 719 Å². The summed E-state index contributed by atoms with van der Waals surface area (Å²) in [4.78, 5) is 0. The second kappa shape index (κ2) is 31.1. The summed E-state index contributed by atoms with van der Waals surface area (Å²) in [6.45, 7) is 0. The van der Waals surface area contributed by atoms with Crippen LogP contribution < -0.4 is 0 Å². The summed E-state index contributed by atoms with van der Waals surface area (Å²) < 4.78 is 9.75. The summed E-state index contributed by atoms with van der Waals surface area (Å²) in [7, 11) is 0. The molecule has 4 aromatic heterocycles. The monoisotopic (exact) mass is 1580 g/mol. The number of rotatable bonds is 14. The summed E-state index contributed by atoms with van der Waals surface area (Å²) in [5.41, 5.74) is 37.7. The zero-order valence-corrected chi connectivity index (χ0v) is 68.0. The number of para-hydroxylation sites is 6. The summed E-state index contributed by atoms with van der Waals surface area (Å²) in [6.07, 6.45) is 0. The smallest absolute Gasteiger partial charge is 0.0542 e. The quantitative estimate of drug-likeness (QED) is 0.103. The van der Waals surface area contributed by atoms with Crippen molar-refractivity contribution >= 4 is 87.2 Å². The predicted molar refractivity (Wildman–Crippen MR) is 525 cm³/mol. The molecule has 0 unspecified atom stereocenters. The zero-order chi connectivity index (χ0) is 82.0. The van der Waals surface area contributed by atoms with Crippen LogP contribution in [0.4, 0.5) is 0 Å². The molecular formula is C120H80N4. The lowest BCUT2D eigenvalue weighted by molar-refractivity contribution is 1.17. The van der Waals surface area contributed by atoms with E-state index in [0.717, 1.165) is 56.0 Å². The number of nitrogens with zero attached hydrogens (tertiary/aromatic N) is 4. The van der Waals surface area contributed by atoms with Crippen LogP contribution in [0, 0.1) is 0 Å². The van der Waals surface area contributed by atoms with Crippen molar-refractivity contribution in [3.8, 4) is 134 Å². The van der Waals surface area contributed by atoms with Gasteiger partial charge in [-0.25, -0.2) is 0 Å². The number of aromatic nitrogens is 4. The van der Waals surface area contributed by atoms with E-state index >= 15 is 0 Å². The fourth-order valence-electron chi connectivity index (χ4n) is 19.2. The van der Waals surface area contributed by atoms with Crippen molar-refractivity contribution in [2.24, 2.45) is 0 Å². The van der Waals surface area contributed by atoms with Crippen LogP contribution in [0.3, 0.4) is 0 Å². The van der Waals surface area contributed by atoms with E-state index in [1.54, 1.807) is 0 Å². The van der Waals surface area contributed by atoms with E-state index in [0.29, 0.717) is 0 Å². The molecule has 4 heterocycles. The Morgan fingerprint density at radius 3 is 0.621 bits per heavy atom. The van der Waals surface area contributed by atoms with Gasteiger partial charge in [-0.2, -0.15) is 0 Å². The maximum absolute atomic E-state index is 2.48. The van der Waals surface area contributed by atoms with Gasteiger partial charge in [0.15, 0.2) is 0 Å². The Hall–Kier alpha value is -16.4. The van der Waals surface area contributed by atoms with Crippen LogP contribution in [0.15, 0.2) is 485 Å². The van der Waals surface area contributed by atoms with Crippen LogP contribution in [-0.2, 0) is 0 Å². The van der Waals surface area contributed by atoms with Crippen LogP contribution in [0.25, 0.3) is 221 Å². The standard InChI is InChI=1S/C66H44N2.C54H36N2/c1-5-19-45(20-6-1)49-35-50(46-21-7-2-8-22-46)38-53(37-49)55-41-56(54-39-51(47-23-9-3-10-24-47)36-52(40-54)48-25-11-4-12-26-48)43-58(42-55)68-65-32-18-15-29-61(65)62-44-57(33-34-66(62)68)67-63-30-16-13-27-59(63)60-28-14-17-31-64(60)67;1-4-16-37(17-5-1)43-31-28-40(34-48(43)39-20-8-3-9-21-39)49-35-41(29-32-44(49)38-18-6-2-7-19-38)56-53-27-15-12-24-47(53)50-36-42(30-33-54(50)56)55-51-25-13-10-22-45(51)46-23-11-14-26-52(46)55/h1-44H;1-36H. The molecule has 20 aromatic carbocycles. The van der Waals surface area contributed by atoms with Gasteiger partial charge in [0.05, 0.1) is 44.1 Å². The van der Waals surface area contributed by atoms with E-state index in [1.807, 2.05) is 0 Å². The SMILES string of the molecule is c1ccc(-c2cc(-c3ccccc3)cc(-c3cc(-c4cc(-c5ccccc5)cc(-c5ccccc5)c4)cc(-n4c5ccccc5c5cc(-n6c7ccccc7c7ccccc76)ccc54)c3)c2)cc1.c1ccc(-c2ccc(-c3cc(-n4c5ccccc5c5cc(-n6c7ccccc7c7ccccc76)ccc54)ccc3-c3ccccc3)cc2-c2ccccc2)cc1. The average Bonchev–Trinajstić information content (AvgIpc) is 1.58. The summed E-state index contributed by atoms with van der Waals surface area (Å²) in [5.74, 6) is 0. The molecule has 0 radical (unpaired) electrons. The lowest BCUT2D eigenvalue weighted by Gasteiger charge is -2.18. The van der Waals surface area contributed by atoms with Gasteiger partial charge < -0.3 is 18.3 Å². The van der Waals surface area contributed by atoms with Gasteiger partial charge >= 0.3 is 0 Å². The van der Waals surface area contributed by atoms with Gasteiger partial charge in [-0.1, -0.05) is 340 Å². The lowest BCUT2D eigenvalue weighted by Crippen LogP contribution is -1.97. The molecule has 24 rings (SSSR count). The molecule has 4 nitrogen and oxygen atoms in total. The number of benzene rings is 20. The molecule has 580 valence electrons. The minimum atomic E-state index is 1.10. The Morgan fingerprint density at radius 2 is 0.306 bits per heavy atom. The third kappa shape index (κ3) is 13.0. The van der Waals surface area contributed by atoms with E-state index in [-0.39, 0.29) is 0 Å². The molecule has 0 saturated carbocycles. The topological polar surface area (TPSA) is 19.7 Å². The molecule has 0 amide bonds. The van der Waals surface area contributed by atoms with Crippen molar-refractivity contribution in [2.45, 2.75) is 0 Å².